The van der Waals surface area contributed by atoms with Crippen LogP contribution in [0, 0.1) is 6.92 Å². The number of aromatic nitrogens is 3. The van der Waals surface area contributed by atoms with Gasteiger partial charge in [-0.1, -0.05) is 79.7 Å². The number of carbonyl (C=O) groups excluding carboxylic acids is 1. The van der Waals surface area contributed by atoms with Crippen LogP contribution in [0.3, 0.4) is 0 Å². The maximum atomic E-state index is 13.7. The lowest BCUT2D eigenvalue weighted by atomic mass is 9.95. The zero-order valence-electron chi connectivity index (χ0n) is 23.2. The molecule has 4 aromatic rings. The predicted molar refractivity (Wildman–Crippen MR) is 162 cm³/mol. The van der Waals surface area contributed by atoms with Crippen LogP contribution in [-0.4, -0.2) is 33.0 Å². The van der Waals surface area contributed by atoms with Crippen molar-refractivity contribution in [2.75, 3.05) is 23.0 Å². The smallest absolute Gasteiger partial charge is 0.255 e. The van der Waals surface area contributed by atoms with E-state index in [2.05, 4.69) is 29.7 Å². The molecule has 0 fully saturated rings. The van der Waals surface area contributed by atoms with E-state index in [1.807, 2.05) is 85.3 Å². The van der Waals surface area contributed by atoms with Gasteiger partial charge >= 0.3 is 0 Å². The number of allylic oxidation sites excluding steroid dienone is 1. The lowest BCUT2D eigenvalue weighted by Crippen LogP contribution is -2.31. The third-order valence-electron chi connectivity index (χ3n) is 6.78. The van der Waals surface area contributed by atoms with Crippen molar-refractivity contribution in [3.05, 3.63) is 107 Å². The number of anilines is 2. The lowest BCUT2D eigenvalue weighted by Gasteiger charge is -2.28. The van der Waals surface area contributed by atoms with Crippen molar-refractivity contribution in [1.29, 1.82) is 0 Å². The third kappa shape index (κ3) is 6.57. The minimum absolute atomic E-state index is 0.176. The third-order valence-corrected chi connectivity index (χ3v) is 7.70. The van der Waals surface area contributed by atoms with Crippen molar-refractivity contribution >= 4 is 29.3 Å². The molecule has 0 aliphatic carbocycles. The Morgan fingerprint density at radius 2 is 1.85 bits per heavy atom. The van der Waals surface area contributed by atoms with E-state index in [0.29, 0.717) is 23.3 Å². The molecule has 8 heteroatoms. The fourth-order valence-electron chi connectivity index (χ4n) is 4.70. The Bertz CT molecular complexity index is 1480. The molecule has 7 nitrogen and oxygen atoms in total. The number of hydrogen-bond acceptors (Lipinski definition) is 6. The van der Waals surface area contributed by atoms with Crippen LogP contribution >= 0.6 is 11.8 Å². The molecule has 1 unspecified atom stereocenters. The predicted octanol–water partition coefficient (Wildman–Crippen LogP) is 7.03. The van der Waals surface area contributed by atoms with Gasteiger partial charge in [-0.25, -0.2) is 4.68 Å². The van der Waals surface area contributed by atoms with Crippen molar-refractivity contribution in [2.45, 2.75) is 51.2 Å². The van der Waals surface area contributed by atoms with Gasteiger partial charge in [-0.15, -0.1) is 5.10 Å². The first-order valence-electron chi connectivity index (χ1n) is 13.7. The average molecular weight is 554 g/mol. The molecule has 206 valence electrons. The summed E-state index contributed by atoms with van der Waals surface area (Å²) in [4.78, 5) is 18.5. The Hall–Kier alpha value is -4.04. The van der Waals surface area contributed by atoms with Crippen molar-refractivity contribution in [3.8, 4) is 5.75 Å². The van der Waals surface area contributed by atoms with E-state index in [1.54, 1.807) is 11.8 Å². The first-order chi connectivity index (χ1) is 19.5. The first kappa shape index (κ1) is 27.5. The van der Waals surface area contributed by atoms with E-state index in [0.717, 1.165) is 53.3 Å². The summed E-state index contributed by atoms with van der Waals surface area (Å²) in [5.74, 6) is 2.20. The molecular weight excluding hydrogens is 518 g/mol. The van der Waals surface area contributed by atoms with Gasteiger partial charge in [-0.3, -0.25) is 4.79 Å². The van der Waals surface area contributed by atoms with E-state index >= 15 is 0 Å². The molecule has 0 radical (unpaired) electrons. The molecule has 2 heterocycles. The molecular formula is C32H35N5O2S. The zero-order valence-corrected chi connectivity index (χ0v) is 24.0. The van der Waals surface area contributed by atoms with Crippen LogP contribution in [0.15, 0.2) is 95.3 Å². The number of rotatable bonds is 11. The van der Waals surface area contributed by atoms with E-state index in [4.69, 9.17) is 14.8 Å². The molecule has 0 bridgehead atoms. The van der Waals surface area contributed by atoms with Gasteiger partial charge < -0.3 is 15.4 Å². The second kappa shape index (κ2) is 12.9. The highest BCUT2D eigenvalue weighted by molar-refractivity contribution is 7.99. The summed E-state index contributed by atoms with van der Waals surface area (Å²) >= 11 is 1.64. The summed E-state index contributed by atoms with van der Waals surface area (Å²) in [5, 5.41) is 12.0. The maximum Gasteiger partial charge on any atom is 0.255 e. The number of thioether (sulfide) groups is 1. The molecule has 1 atom stereocenters. The van der Waals surface area contributed by atoms with Crippen LogP contribution < -0.4 is 15.4 Å². The molecule has 3 aromatic carbocycles. The van der Waals surface area contributed by atoms with Gasteiger partial charge in [0.05, 0.1) is 12.2 Å². The number of amides is 1. The minimum Gasteiger partial charge on any atom is -0.493 e. The number of benzene rings is 3. The molecule has 0 spiro atoms. The molecule has 0 saturated carbocycles. The molecule has 40 heavy (non-hydrogen) atoms. The fourth-order valence-corrected chi connectivity index (χ4v) is 5.61. The summed E-state index contributed by atoms with van der Waals surface area (Å²) in [6.45, 7) is 6.69. The van der Waals surface area contributed by atoms with Gasteiger partial charge in [0.1, 0.15) is 11.8 Å². The summed E-state index contributed by atoms with van der Waals surface area (Å²) in [7, 11) is 0. The van der Waals surface area contributed by atoms with Crippen LogP contribution in [0.4, 0.5) is 11.6 Å². The van der Waals surface area contributed by atoms with Crippen LogP contribution in [0.1, 0.15) is 49.4 Å². The highest BCUT2D eigenvalue weighted by atomic mass is 32.2. The van der Waals surface area contributed by atoms with Crippen molar-refractivity contribution in [2.24, 2.45) is 0 Å². The Labute approximate surface area is 240 Å². The Kier molecular flexibility index (Phi) is 8.86. The molecule has 1 aliphatic heterocycles. The minimum atomic E-state index is -0.438. The summed E-state index contributed by atoms with van der Waals surface area (Å²) in [6.07, 6.45) is 3.05. The number of carbonyl (C=O) groups is 1. The summed E-state index contributed by atoms with van der Waals surface area (Å²) < 4.78 is 7.86. The highest BCUT2D eigenvalue weighted by Crippen LogP contribution is 2.37. The number of ether oxygens (including phenoxy) is 1. The van der Waals surface area contributed by atoms with Gasteiger partial charge in [-0.05, 0) is 61.2 Å². The van der Waals surface area contributed by atoms with Gasteiger partial charge in [0.25, 0.3) is 5.91 Å². The number of aryl methyl sites for hydroxylation is 1. The molecule has 1 amide bonds. The Morgan fingerprint density at radius 1 is 1.05 bits per heavy atom. The highest BCUT2D eigenvalue weighted by Gasteiger charge is 2.34. The maximum absolute atomic E-state index is 13.7. The fraction of sp³-hybridized carbons (Fsp3) is 0.281. The van der Waals surface area contributed by atoms with Crippen molar-refractivity contribution < 1.29 is 9.53 Å². The molecule has 2 N–H and O–H groups in total. The van der Waals surface area contributed by atoms with Gasteiger partial charge in [0.2, 0.25) is 11.1 Å². The second-order valence-electron chi connectivity index (χ2n) is 9.91. The van der Waals surface area contributed by atoms with Gasteiger partial charge in [0, 0.05) is 23.6 Å². The number of fused-ring (bicyclic) bond motifs is 1. The van der Waals surface area contributed by atoms with Gasteiger partial charge in [0.15, 0.2) is 0 Å². The molecule has 1 aliphatic rings. The van der Waals surface area contributed by atoms with Crippen LogP contribution in [0.25, 0.3) is 0 Å². The normalized spacial score (nSPS) is 14.4. The van der Waals surface area contributed by atoms with Gasteiger partial charge in [-0.2, -0.15) is 4.98 Å². The van der Waals surface area contributed by atoms with E-state index < -0.39 is 6.04 Å². The Balaban J connectivity index is 1.41. The number of nitrogens with zero attached hydrogens (tertiary/aromatic N) is 3. The molecule has 0 saturated heterocycles. The topological polar surface area (TPSA) is 81.1 Å². The summed E-state index contributed by atoms with van der Waals surface area (Å²) in [5.41, 5.74) is 5.36. The summed E-state index contributed by atoms with van der Waals surface area (Å²) in [6, 6.07) is 25.6. The Morgan fingerprint density at radius 3 is 2.60 bits per heavy atom. The van der Waals surface area contributed by atoms with Crippen LogP contribution in [0.2, 0.25) is 0 Å². The average Bonchev–Trinajstić information content (AvgIpc) is 3.35. The monoisotopic (exact) mass is 553 g/mol. The lowest BCUT2D eigenvalue weighted by molar-refractivity contribution is -0.113. The number of nitrogens with one attached hydrogen (secondary N) is 2. The van der Waals surface area contributed by atoms with Crippen molar-refractivity contribution in [1.82, 2.24) is 14.8 Å². The quantitative estimate of drug-likeness (QED) is 0.153. The second-order valence-corrected chi connectivity index (χ2v) is 11.0. The largest absolute Gasteiger partial charge is 0.493 e. The zero-order chi connectivity index (χ0) is 27.9. The standard InChI is InChI=1S/C32H35N5O2S/c1-4-5-20-40-32-35-31-33-23(3)28(30(38)34-26-13-9-10-22(2)21-26)29(37(31)36-32)25-14-16-27(17-15-25)39-19-18-24-11-7-6-8-12-24/h6-17,21,29H,4-5,18-20H2,1-3H3,(H,34,38)(H,33,35,36). The van der Waals surface area contributed by atoms with E-state index in [1.165, 1.54) is 5.56 Å². The van der Waals surface area contributed by atoms with E-state index in [9.17, 15) is 4.79 Å². The number of hydrogen-bond donors (Lipinski definition) is 2. The van der Waals surface area contributed by atoms with Crippen molar-refractivity contribution in [3.63, 3.8) is 0 Å². The van der Waals surface area contributed by atoms with E-state index in [-0.39, 0.29) is 5.91 Å². The molecule has 1 aromatic heterocycles. The van der Waals surface area contributed by atoms with Crippen LogP contribution in [-0.2, 0) is 11.2 Å². The SMILES string of the molecule is CCCCSc1nc2n(n1)C(c1ccc(OCCc3ccccc3)cc1)C(C(=O)Nc1cccc(C)c1)=C(C)N2. The molecule has 5 rings (SSSR count). The number of unbranched alkanes of at least 4 members (excludes halogenated alkanes) is 1. The first-order valence-corrected chi connectivity index (χ1v) is 14.7. The van der Waals surface area contributed by atoms with Crippen LogP contribution in [0.5, 0.6) is 5.75 Å².